The van der Waals surface area contributed by atoms with Crippen molar-refractivity contribution >= 4 is 5.91 Å². The Bertz CT molecular complexity index is 678. The van der Waals surface area contributed by atoms with E-state index < -0.39 is 6.10 Å². The van der Waals surface area contributed by atoms with Crippen molar-refractivity contribution in [2.24, 2.45) is 0 Å². The van der Waals surface area contributed by atoms with Gasteiger partial charge < -0.3 is 14.8 Å². The highest BCUT2D eigenvalue weighted by molar-refractivity contribution is 5.80. The molecule has 2 heterocycles. The number of amides is 1. The molecule has 0 spiro atoms. The molecule has 0 bridgehead atoms. The van der Waals surface area contributed by atoms with Gasteiger partial charge in [-0.15, -0.1) is 5.10 Å². The van der Waals surface area contributed by atoms with Crippen LogP contribution in [0, 0.1) is 6.92 Å². The highest BCUT2D eigenvalue weighted by atomic mass is 16.5. The van der Waals surface area contributed by atoms with Gasteiger partial charge in [0.05, 0.1) is 11.8 Å². The van der Waals surface area contributed by atoms with E-state index in [1.165, 1.54) is 0 Å². The fourth-order valence-electron chi connectivity index (χ4n) is 2.66. The molecule has 0 unspecified atom stereocenters. The molecule has 0 saturated carbocycles. The summed E-state index contributed by atoms with van der Waals surface area (Å²) in [6.07, 6.45) is 3.46. The molecule has 1 fully saturated rings. The van der Waals surface area contributed by atoms with Crippen molar-refractivity contribution in [2.45, 2.75) is 38.9 Å². The average molecular weight is 329 g/mol. The van der Waals surface area contributed by atoms with E-state index >= 15 is 0 Å². The number of carbonyl (C=O) groups is 1. The van der Waals surface area contributed by atoms with E-state index in [0.29, 0.717) is 12.4 Å². The summed E-state index contributed by atoms with van der Waals surface area (Å²) in [7, 11) is 0. The van der Waals surface area contributed by atoms with Gasteiger partial charge in [0, 0.05) is 24.9 Å². The molecule has 1 aromatic heterocycles. The lowest BCUT2D eigenvalue weighted by molar-refractivity contribution is -0.127. The van der Waals surface area contributed by atoms with Crippen molar-refractivity contribution in [2.75, 3.05) is 13.2 Å². The van der Waals surface area contributed by atoms with Crippen LogP contribution in [0.2, 0.25) is 0 Å². The summed E-state index contributed by atoms with van der Waals surface area (Å²) >= 11 is 0. The first-order valence-corrected chi connectivity index (χ1v) is 8.31. The smallest absolute Gasteiger partial charge is 0.260 e. The Morgan fingerprint density at radius 3 is 2.96 bits per heavy atom. The first-order valence-electron chi connectivity index (χ1n) is 8.31. The summed E-state index contributed by atoms with van der Waals surface area (Å²) in [5.74, 6) is 0.317. The summed E-state index contributed by atoms with van der Waals surface area (Å²) < 4.78 is 13.0. The monoisotopic (exact) mass is 329 g/mol. The van der Waals surface area contributed by atoms with Crippen molar-refractivity contribution in [1.82, 2.24) is 15.1 Å². The van der Waals surface area contributed by atoms with E-state index in [-0.39, 0.29) is 12.0 Å². The third kappa shape index (κ3) is 3.94. The molecule has 0 aliphatic carbocycles. The summed E-state index contributed by atoms with van der Waals surface area (Å²) in [6, 6.07) is 9.79. The van der Waals surface area contributed by atoms with E-state index in [0.717, 1.165) is 30.7 Å². The highest BCUT2D eigenvalue weighted by Gasteiger charge is 2.21. The molecule has 128 valence electrons. The van der Waals surface area contributed by atoms with Crippen LogP contribution < -0.4 is 10.1 Å². The van der Waals surface area contributed by atoms with Crippen molar-refractivity contribution in [3.63, 3.8) is 0 Å². The summed E-state index contributed by atoms with van der Waals surface area (Å²) in [5.41, 5.74) is 1.84. The standard InChI is InChI=1S/C18H23N3O3/c1-13-12-21(15-7-4-3-5-8-15)20-18(13)24-14(2)17(22)19-11-16-9-6-10-23-16/h3-5,7-8,12,14,16H,6,9-11H2,1-2H3,(H,19,22)/t14-,16+/m1/s1. The largest absolute Gasteiger partial charge is 0.463 e. The molecule has 3 rings (SSSR count). The Labute approximate surface area is 141 Å². The van der Waals surface area contributed by atoms with Crippen LogP contribution in [-0.2, 0) is 9.53 Å². The second-order valence-corrected chi connectivity index (χ2v) is 6.04. The summed E-state index contributed by atoms with van der Waals surface area (Å²) in [4.78, 5) is 12.2. The number of nitrogens with zero attached hydrogens (tertiary/aromatic N) is 2. The lowest BCUT2D eigenvalue weighted by Crippen LogP contribution is -2.40. The Morgan fingerprint density at radius 1 is 1.46 bits per heavy atom. The minimum atomic E-state index is -0.607. The number of aryl methyl sites for hydroxylation is 1. The number of benzene rings is 1. The molecule has 1 aliphatic heterocycles. The molecule has 6 heteroatoms. The maximum atomic E-state index is 12.2. The zero-order chi connectivity index (χ0) is 16.9. The summed E-state index contributed by atoms with van der Waals surface area (Å²) in [6.45, 7) is 4.96. The summed E-state index contributed by atoms with van der Waals surface area (Å²) in [5, 5.41) is 7.31. The third-order valence-corrected chi connectivity index (χ3v) is 4.06. The predicted octanol–water partition coefficient (Wildman–Crippen LogP) is 2.24. The zero-order valence-corrected chi connectivity index (χ0v) is 14.1. The predicted molar refractivity (Wildman–Crippen MR) is 90.4 cm³/mol. The number of para-hydroxylation sites is 1. The van der Waals surface area contributed by atoms with Crippen molar-refractivity contribution in [3.05, 3.63) is 42.1 Å². The minimum absolute atomic E-state index is 0.125. The molecular weight excluding hydrogens is 306 g/mol. The van der Waals surface area contributed by atoms with E-state index in [9.17, 15) is 4.79 Å². The molecule has 1 N–H and O–H groups in total. The van der Waals surface area contributed by atoms with Crippen molar-refractivity contribution in [1.29, 1.82) is 0 Å². The third-order valence-electron chi connectivity index (χ3n) is 4.06. The van der Waals surface area contributed by atoms with Crippen molar-refractivity contribution in [3.8, 4) is 11.6 Å². The number of nitrogens with one attached hydrogen (secondary N) is 1. The Balaban J connectivity index is 1.58. The highest BCUT2D eigenvalue weighted by Crippen LogP contribution is 2.19. The van der Waals surface area contributed by atoms with Crippen LogP contribution in [-0.4, -0.2) is 41.0 Å². The molecular formula is C18H23N3O3. The second-order valence-electron chi connectivity index (χ2n) is 6.04. The van der Waals surface area contributed by atoms with Crippen LogP contribution in [0.3, 0.4) is 0 Å². The first-order chi connectivity index (χ1) is 11.6. The van der Waals surface area contributed by atoms with Gasteiger partial charge in [0.25, 0.3) is 5.91 Å². The fourth-order valence-corrected chi connectivity index (χ4v) is 2.66. The van der Waals surface area contributed by atoms with E-state index in [1.807, 2.05) is 43.5 Å². The van der Waals surface area contributed by atoms with Crippen molar-refractivity contribution < 1.29 is 14.3 Å². The van der Waals surface area contributed by atoms with Crippen LogP contribution in [0.25, 0.3) is 5.69 Å². The van der Waals surface area contributed by atoms with Gasteiger partial charge in [-0.25, -0.2) is 4.68 Å². The number of aromatic nitrogens is 2. The Kier molecular flexibility index (Phi) is 5.15. The van der Waals surface area contributed by atoms with E-state index in [1.54, 1.807) is 11.6 Å². The molecule has 0 radical (unpaired) electrons. The molecule has 24 heavy (non-hydrogen) atoms. The lowest BCUT2D eigenvalue weighted by atomic mass is 10.2. The van der Waals surface area contributed by atoms with E-state index in [4.69, 9.17) is 9.47 Å². The maximum absolute atomic E-state index is 12.2. The van der Waals surface area contributed by atoms with Gasteiger partial charge in [0.1, 0.15) is 0 Å². The quantitative estimate of drug-likeness (QED) is 0.883. The average Bonchev–Trinajstić information content (AvgIpc) is 3.24. The topological polar surface area (TPSA) is 65.4 Å². The molecule has 1 saturated heterocycles. The molecule has 1 aromatic carbocycles. The Hall–Kier alpha value is -2.34. The van der Waals surface area contributed by atoms with Crippen LogP contribution in [0.15, 0.2) is 36.5 Å². The van der Waals surface area contributed by atoms with E-state index in [2.05, 4.69) is 10.4 Å². The van der Waals surface area contributed by atoms with Gasteiger partial charge in [-0.2, -0.15) is 0 Å². The minimum Gasteiger partial charge on any atom is -0.463 e. The normalized spacial score (nSPS) is 18.3. The van der Waals surface area contributed by atoms with Gasteiger partial charge >= 0.3 is 0 Å². The van der Waals surface area contributed by atoms with Gasteiger partial charge in [-0.3, -0.25) is 4.79 Å². The van der Waals surface area contributed by atoms with Gasteiger partial charge in [0.2, 0.25) is 5.88 Å². The van der Waals surface area contributed by atoms with Gasteiger partial charge in [-0.1, -0.05) is 18.2 Å². The zero-order valence-electron chi connectivity index (χ0n) is 14.1. The Morgan fingerprint density at radius 2 is 2.25 bits per heavy atom. The molecule has 2 aromatic rings. The number of rotatable bonds is 6. The fraction of sp³-hybridized carbons (Fsp3) is 0.444. The van der Waals surface area contributed by atoms with Gasteiger partial charge in [-0.05, 0) is 38.8 Å². The molecule has 2 atom stereocenters. The van der Waals surface area contributed by atoms with Crippen LogP contribution in [0.1, 0.15) is 25.3 Å². The van der Waals surface area contributed by atoms with Crippen LogP contribution >= 0.6 is 0 Å². The SMILES string of the molecule is Cc1cn(-c2ccccc2)nc1O[C@H](C)C(=O)NC[C@@H]1CCCO1. The first kappa shape index (κ1) is 16.5. The number of ether oxygens (including phenoxy) is 2. The molecule has 6 nitrogen and oxygen atoms in total. The van der Waals surface area contributed by atoms with Crippen LogP contribution in [0.5, 0.6) is 5.88 Å². The number of carbonyl (C=O) groups excluding carboxylic acids is 1. The van der Waals surface area contributed by atoms with Crippen LogP contribution in [0.4, 0.5) is 0 Å². The molecule has 1 amide bonds. The number of hydrogen-bond acceptors (Lipinski definition) is 4. The van der Waals surface area contributed by atoms with Gasteiger partial charge in [0.15, 0.2) is 6.10 Å². The lowest BCUT2D eigenvalue weighted by Gasteiger charge is -2.15. The number of hydrogen-bond donors (Lipinski definition) is 1. The molecule has 1 aliphatic rings. The maximum Gasteiger partial charge on any atom is 0.260 e. The second kappa shape index (κ2) is 7.49.